The molecular formula is C27H26O3. The number of esters is 1. The van der Waals surface area contributed by atoms with Crippen LogP contribution in [0, 0.1) is 11.8 Å². The first kappa shape index (κ1) is 20.1. The molecule has 5 atom stereocenters. The van der Waals surface area contributed by atoms with E-state index in [1.807, 2.05) is 80.6 Å². The summed E-state index contributed by atoms with van der Waals surface area (Å²) in [7, 11) is 0. The van der Waals surface area contributed by atoms with Crippen LogP contribution in [0.3, 0.4) is 0 Å². The molecule has 1 fully saturated rings. The fraction of sp³-hybridized carbons (Fsp3) is 0.259. The van der Waals surface area contributed by atoms with E-state index in [4.69, 9.17) is 4.74 Å². The van der Waals surface area contributed by atoms with Gasteiger partial charge in [0.25, 0.3) is 0 Å². The van der Waals surface area contributed by atoms with Crippen molar-refractivity contribution in [2.45, 2.75) is 31.8 Å². The fourth-order valence-corrected chi connectivity index (χ4v) is 4.78. The molecule has 0 spiro atoms. The Morgan fingerprint density at radius 2 is 1.23 bits per heavy atom. The number of carbonyl (C=O) groups excluding carboxylic acids is 2. The van der Waals surface area contributed by atoms with Gasteiger partial charge < -0.3 is 4.74 Å². The van der Waals surface area contributed by atoms with Crippen molar-refractivity contribution in [2.75, 3.05) is 0 Å². The Morgan fingerprint density at radius 1 is 0.767 bits per heavy atom. The maximum absolute atomic E-state index is 13.3. The van der Waals surface area contributed by atoms with E-state index in [0.29, 0.717) is 5.56 Å². The molecule has 1 heterocycles. The van der Waals surface area contributed by atoms with Crippen molar-refractivity contribution in [3.8, 4) is 0 Å². The normalized spacial score (nSPS) is 24.7. The summed E-state index contributed by atoms with van der Waals surface area (Å²) in [5.74, 6) is -1.54. The van der Waals surface area contributed by atoms with E-state index in [1.165, 1.54) is 0 Å². The van der Waals surface area contributed by atoms with Gasteiger partial charge >= 0.3 is 5.97 Å². The van der Waals surface area contributed by atoms with Crippen LogP contribution in [-0.2, 0) is 9.53 Å². The molecule has 0 saturated carbocycles. The molecular weight excluding hydrogens is 372 g/mol. The highest BCUT2D eigenvalue weighted by molar-refractivity contribution is 6.00. The van der Waals surface area contributed by atoms with E-state index in [-0.39, 0.29) is 29.7 Å². The predicted molar refractivity (Wildman–Crippen MR) is 117 cm³/mol. The smallest absolute Gasteiger partial charge is 0.310 e. The van der Waals surface area contributed by atoms with Crippen LogP contribution in [0.4, 0.5) is 0 Å². The third kappa shape index (κ3) is 3.80. The third-order valence-corrected chi connectivity index (χ3v) is 6.23. The van der Waals surface area contributed by atoms with Gasteiger partial charge in [-0.3, -0.25) is 9.59 Å². The highest BCUT2D eigenvalue weighted by Gasteiger charge is 2.49. The summed E-state index contributed by atoms with van der Waals surface area (Å²) >= 11 is 0. The average molecular weight is 399 g/mol. The van der Waals surface area contributed by atoms with E-state index in [0.717, 1.165) is 11.1 Å². The zero-order valence-corrected chi connectivity index (χ0v) is 17.3. The number of benzene rings is 3. The molecule has 30 heavy (non-hydrogen) atoms. The molecule has 0 unspecified atom stereocenters. The Morgan fingerprint density at radius 3 is 1.77 bits per heavy atom. The molecule has 0 N–H and O–H groups in total. The first-order valence-electron chi connectivity index (χ1n) is 10.5. The van der Waals surface area contributed by atoms with E-state index < -0.39 is 11.8 Å². The fourth-order valence-electron chi connectivity index (χ4n) is 4.78. The Kier molecular flexibility index (Phi) is 5.80. The minimum atomic E-state index is -0.554. The van der Waals surface area contributed by atoms with E-state index in [9.17, 15) is 9.59 Å². The molecule has 3 heteroatoms. The number of carbonyl (C=O) groups is 2. The number of cyclic esters (lactones) is 1. The standard InChI is InChI=1S/C27H26O3/c1-18(26(28)22-16-10-5-11-17-22)23-25(21-14-8-4-9-15-21)24(19(2)30-27(23)29)20-12-6-3-7-13-20/h3-19,23-25H,1-2H3/t18-,19+,23+,24-,25+/m0/s1. The minimum Gasteiger partial charge on any atom is -0.462 e. The van der Waals surface area contributed by atoms with Crippen LogP contribution in [0.2, 0.25) is 0 Å². The highest BCUT2D eigenvalue weighted by atomic mass is 16.5. The van der Waals surface area contributed by atoms with Crippen LogP contribution in [-0.4, -0.2) is 17.9 Å². The van der Waals surface area contributed by atoms with Crippen molar-refractivity contribution in [2.24, 2.45) is 11.8 Å². The van der Waals surface area contributed by atoms with Crippen LogP contribution in [0.25, 0.3) is 0 Å². The maximum atomic E-state index is 13.3. The molecule has 0 aromatic heterocycles. The number of hydrogen-bond donors (Lipinski definition) is 0. The molecule has 3 aromatic rings. The second-order valence-electron chi connectivity index (χ2n) is 8.06. The molecule has 1 saturated heterocycles. The molecule has 0 radical (unpaired) electrons. The zero-order chi connectivity index (χ0) is 21.1. The van der Waals surface area contributed by atoms with Crippen LogP contribution >= 0.6 is 0 Å². The van der Waals surface area contributed by atoms with Crippen LogP contribution < -0.4 is 0 Å². The summed E-state index contributed by atoms with van der Waals surface area (Å²) in [5.41, 5.74) is 2.81. The lowest BCUT2D eigenvalue weighted by molar-refractivity contribution is -0.164. The van der Waals surface area contributed by atoms with Gasteiger partial charge in [-0.05, 0) is 18.1 Å². The molecule has 4 rings (SSSR count). The van der Waals surface area contributed by atoms with Gasteiger partial charge in [-0.25, -0.2) is 0 Å². The summed E-state index contributed by atoms with van der Waals surface area (Å²) in [6.45, 7) is 3.81. The van der Waals surface area contributed by atoms with Crippen molar-refractivity contribution < 1.29 is 14.3 Å². The molecule has 152 valence electrons. The summed E-state index contributed by atoms with van der Waals surface area (Å²) in [6, 6.07) is 29.4. The molecule has 3 aromatic carbocycles. The second kappa shape index (κ2) is 8.66. The van der Waals surface area contributed by atoms with Crippen molar-refractivity contribution in [3.63, 3.8) is 0 Å². The zero-order valence-electron chi connectivity index (χ0n) is 17.3. The SMILES string of the molecule is C[C@H](C(=O)c1ccccc1)[C@H]1C(=O)O[C@H](C)[C@@H](c2ccccc2)[C@@H]1c1ccccc1. The second-order valence-corrected chi connectivity index (χ2v) is 8.06. The quantitative estimate of drug-likeness (QED) is 0.413. The predicted octanol–water partition coefficient (Wildman–Crippen LogP) is 5.63. The Balaban J connectivity index is 1.80. The lowest BCUT2D eigenvalue weighted by atomic mass is 9.65. The van der Waals surface area contributed by atoms with Gasteiger partial charge in [-0.15, -0.1) is 0 Å². The van der Waals surface area contributed by atoms with Crippen LogP contribution in [0.15, 0.2) is 91.0 Å². The van der Waals surface area contributed by atoms with Crippen molar-refractivity contribution in [1.82, 2.24) is 0 Å². The molecule has 0 amide bonds. The lowest BCUT2D eigenvalue weighted by Gasteiger charge is -2.43. The molecule has 1 aliphatic rings. The first-order valence-corrected chi connectivity index (χ1v) is 10.5. The molecule has 1 aliphatic heterocycles. The van der Waals surface area contributed by atoms with E-state index >= 15 is 0 Å². The number of hydrogen-bond acceptors (Lipinski definition) is 3. The minimum absolute atomic E-state index is 0.0256. The van der Waals surface area contributed by atoms with Gasteiger partial charge in [0.05, 0.1) is 5.92 Å². The lowest BCUT2D eigenvalue weighted by Crippen LogP contribution is -2.45. The van der Waals surface area contributed by atoms with Gasteiger partial charge in [0.15, 0.2) is 5.78 Å². The summed E-state index contributed by atoms with van der Waals surface area (Å²) < 4.78 is 5.83. The number of Topliss-reactive ketones (excluding diaryl/α,β-unsaturated/α-hetero) is 1. The van der Waals surface area contributed by atoms with Crippen molar-refractivity contribution in [1.29, 1.82) is 0 Å². The number of ketones is 1. The summed E-state index contributed by atoms with van der Waals surface area (Å²) in [5, 5.41) is 0. The summed E-state index contributed by atoms with van der Waals surface area (Å²) in [4.78, 5) is 26.5. The topological polar surface area (TPSA) is 43.4 Å². The highest BCUT2D eigenvalue weighted by Crippen LogP contribution is 2.48. The Bertz CT molecular complexity index is 998. The van der Waals surface area contributed by atoms with Gasteiger partial charge in [0, 0.05) is 23.3 Å². The van der Waals surface area contributed by atoms with Crippen LogP contribution in [0.1, 0.15) is 47.2 Å². The monoisotopic (exact) mass is 398 g/mol. The van der Waals surface area contributed by atoms with Crippen LogP contribution in [0.5, 0.6) is 0 Å². The summed E-state index contributed by atoms with van der Waals surface area (Å²) in [6.07, 6.45) is -0.277. The van der Waals surface area contributed by atoms with Crippen molar-refractivity contribution in [3.05, 3.63) is 108 Å². The maximum Gasteiger partial charge on any atom is 0.310 e. The van der Waals surface area contributed by atoms with E-state index in [1.54, 1.807) is 0 Å². The van der Waals surface area contributed by atoms with E-state index in [2.05, 4.69) is 24.3 Å². The van der Waals surface area contributed by atoms with Gasteiger partial charge in [-0.2, -0.15) is 0 Å². The number of ether oxygens (including phenoxy) is 1. The first-order chi connectivity index (χ1) is 14.6. The largest absolute Gasteiger partial charge is 0.462 e. The molecule has 0 aliphatic carbocycles. The molecule has 3 nitrogen and oxygen atoms in total. The third-order valence-electron chi connectivity index (χ3n) is 6.23. The van der Waals surface area contributed by atoms with Gasteiger partial charge in [0.2, 0.25) is 0 Å². The average Bonchev–Trinajstić information content (AvgIpc) is 2.79. The van der Waals surface area contributed by atoms with Gasteiger partial charge in [0.1, 0.15) is 6.10 Å². The Labute approximate surface area is 177 Å². The van der Waals surface area contributed by atoms with Gasteiger partial charge in [-0.1, -0.05) is 97.9 Å². The Hall–Kier alpha value is -3.20. The number of rotatable bonds is 5. The molecule has 0 bridgehead atoms. The van der Waals surface area contributed by atoms with Crippen molar-refractivity contribution >= 4 is 11.8 Å².